The highest BCUT2D eigenvalue weighted by Crippen LogP contribution is 2.33. The van der Waals surface area contributed by atoms with Gasteiger partial charge in [-0.2, -0.15) is 0 Å². The van der Waals surface area contributed by atoms with Gasteiger partial charge in [-0.3, -0.25) is 0 Å². The molecule has 0 saturated heterocycles. The number of rotatable bonds is 5. The van der Waals surface area contributed by atoms with Gasteiger partial charge in [-0.05, 0) is 42.0 Å². The number of alkyl halides is 1. The van der Waals surface area contributed by atoms with Crippen molar-refractivity contribution in [3.05, 3.63) is 34.1 Å². The highest BCUT2D eigenvalue weighted by molar-refractivity contribution is 9.10. The first-order chi connectivity index (χ1) is 7.50. The first-order valence-corrected chi connectivity index (χ1v) is 7.42. The van der Waals surface area contributed by atoms with Crippen molar-refractivity contribution >= 4 is 31.9 Å². The van der Waals surface area contributed by atoms with Crippen LogP contribution in [-0.4, -0.2) is 5.33 Å². The van der Waals surface area contributed by atoms with Crippen LogP contribution in [0.25, 0.3) is 0 Å². The molecule has 0 radical (unpaired) electrons. The van der Waals surface area contributed by atoms with Crippen LogP contribution >= 0.6 is 31.9 Å². The van der Waals surface area contributed by atoms with Crippen molar-refractivity contribution < 1.29 is 4.39 Å². The zero-order chi connectivity index (χ0) is 12.2. The van der Waals surface area contributed by atoms with E-state index in [9.17, 15) is 4.39 Å². The Morgan fingerprint density at radius 2 is 2.06 bits per heavy atom. The van der Waals surface area contributed by atoms with E-state index in [1.807, 2.05) is 0 Å². The molecule has 3 heteroatoms. The second-order valence-corrected chi connectivity index (χ2v) is 6.02. The summed E-state index contributed by atoms with van der Waals surface area (Å²) in [6.45, 7) is 4.42. The van der Waals surface area contributed by atoms with Crippen LogP contribution < -0.4 is 0 Å². The first-order valence-electron chi connectivity index (χ1n) is 5.50. The van der Waals surface area contributed by atoms with Crippen LogP contribution in [0.15, 0.2) is 22.7 Å². The zero-order valence-corrected chi connectivity index (χ0v) is 12.9. The van der Waals surface area contributed by atoms with Gasteiger partial charge in [0.2, 0.25) is 0 Å². The number of hydrogen-bond donors (Lipinski definition) is 0. The fourth-order valence-electron chi connectivity index (χ4n) is 1.94. The lowest BCUT2D eigenvalue weighted by Gasteiger charge is -2.27. The Labute approximate surface area is 114 Å². The molecule has 0 bridgehead atoms. The van der Waals surface area contributed by atoms with Crippen LogP contribution in [0, 0.1) is 11.2 Å². The molecule has 0 heterocycles. The van der Waals surface area contributed by atoms with Gasteiger partial charge >= 0.3 is 0 Å². The Morgan fingerprint density at radius 3 is 2.62 bits per heavy atom. The van der Waals surface area contributed by atoms with Gasteiger partial charge in [-0.15, -0.1) is 0 Å². The van der Waals surface area contributed by atoms with E-state index in [0.29, 0.717) is 0 Å². The van der Waals surface area contributed by atoms with Gasteiger partial charge in [-0.1, -0.05) is 52.1 Å². The monoisotopic (exact) mass is 350 g/mol. The minimum atomic E-state index is -0.161. The third-order valence-corrected chi connectivity index (χ3v) is 4.93. The minimum absolute atomic E-state index is 0.161. The average molecular weight is 352 g/mol. The van der Waals surface area contributed by atoms with Crippen molar-refractivity contribution in [2.24, 2.45) is 5.41 Å². The summed E-state index contributed by atoms with van der Waals surface area (Å²) >= 11 is 7.05. The van der Waals surface area contributed by atoms with Crippen molar-refractivity contribution in [3.63, 3.8) is 0 Å². The molecule has 1 atom stereocenters. The fourth-order valence-corrected chi connectivity index (χ4v) is 2.81. The summed E-state index contributed by atoms with van der Waals surface area (Å²) in [4.78, 5) is 0. The van der Waals surface area contributed by atoms with Crippen molar-refractivity contribution in [2.45, 2.75) is 33.1 Å². The van der Waals surface area contributed by atoms with E-state index >= 15 is 0 Å². The lowest BCUT2D eigenvalue weighted by molar-refractivity contribution is 0.339. The molecule has 0 aromatic heterocycles. The zero-order valence-electron chi connectivity index (χ0n) is 9.69. The van der Waals surface area contributed by atoms with E-state index in [4.69, 9.17) is 0 Å². The highest BCUT2D eigenvalue weighted by atomic mass is 79.9. The average Bonchev–Trinajstić information content (AvgIpc) is 2.24. The Kier molecular flexibility index (Phi) is 5.45. The second-order valence-electron chi connectivity index (χ2n) is 4.61. The van der Waals surface area contributed by atoms with Gasteiger partial charge in [-0.25, -0.2) is 4.39 Å². The van der Waals surface area contributed by atoms with E-state index < -0.39 is 0 Å². The maximum Gasteiger partial charge on any atom is 0.123 e. The summed E-state index contributed by atoms with van der Waals surface area (Å²) in [6.07, 6.45) is 3.18. The first kappa shape index (κ1) is 14.2. The summed E-state index contributed by atoms with van der Waals surface area (Å²) in [7, 11) is 0. The van der Waals surface area contributed by atoms with Crippen molar-refractivity contribution in [3.8, 4) is 0 Å². The molecule has 1 aromatic rings. The molecule has 0 amide bonds. The summed E-state index contributed by atoms with van der Waals surface area (Å²) in [5.74, 6) is -0.161. The van der Waals surface area contributed by atoms with Crippen LogP contribution in [0.4, 0.5) is 4.39 Å². The third kappa shape index (κ3) is 3.85. The molecule has 0 fully saturated rings. The second kappa shape index (κ2) is 6.15. The van der Waals surface area contributed by atoms with E-state index in [-0.39, 0.29) is 11.2 Å². The highest BCUT2D eigenvalue weighted by Gasteiger charge is 2.23. The van der Waals surface area contributed by atoms with Crippen molar-refractivity contribution in [2.75, 3.05) is 5.33 Å². The molecule has 16 heavy (non-hydrogen) atoms. The lowest BCUT2D eigenvalue weighted by Crippen LogP contribution is -2.21. The summed E-state index contributed by atoms with van der Waals surface area (Å²) < 4.78 is 14.2. The van der Waals surface area contributed by atoms with Gasteiger partial charge in [0.25, 0.3) is 0 Å². The Bertz CT molecular complexity index is 352. The molecule has 0 aliphatic rings. The predicted molar refractivity (Wildman–Crippen MR) is 74.6 cm³/mol. The van der Waals surface area contributed by atoms with E-state index in [1.54, 1.807) is 12.1 Å². The number of benzene rings is 1. The summed E-state index contributed by atoms with van der Waals surface area (Å²) in [5, 5.41) is 0.941. The van der Waals surface area contributed by atoms with Crippen LogP contribution in [0.1, 0.15) is 32.3 Å². The normalized spacial score (nSPS) is 14.8. The molecule has 0 saturated carbocycles. The Hall–Kier alpha value is 0.110. The topological polar surface area (TPSA) is 0 Å². The van der Waals surface area contributed by atoms with E-state index in [2.05, 4.69) is 45.7 Å². The molecule has 1 rings (SSSR count). The molecular weight excluding hydrogens is 335 g/mol. The Morgan fingerprint density at radius 1 is 1.38 bits per heavy atom. The molecule has 90 valence electrons. The number of halogens is 3. The largest absolute Gasteiger partial charge is 0.207 e. The SMILES string of the molecule is CCCC(C)(CBr)Cc1cc(F)ccc1Br. The molecule has 0 aliphatic carbocycles. The molecular formula is C13H17Br2F. The lowest BCUT2D eigenvalue weighted by atomic mass is 9.82. The molecule has 0 aliphatic heterocycles. The maximum atomic E-state index is 13.2. The van der Waals surface area contributed by atoms with Crippen LogP contribution in [-0.2, 0) is 6.42 Å². The van der Waals surface area contributed by atoms with Gasteiger partial charge in [0.1, 0.15) is 5.82 Å². The van der Waals surface area contributed by atoms with Crippen LogP contribution in [0.5, 0.6) is 0 Å². The molecule has 0 nitrogen and oxygen atoms in total. The van der Waals surface area contributed by atoms with Gasteiger partial charge < -0.3 is 0 Å². The molecule has 0 spiro atoms. The predicted octanol–water partition coefficient (Wildman–Crippen LogP) is 5.33. The molecule has 1 aromatic carbocycles. The molecule has 1 unspecified atom stereocenters. The smallest absolute Gasteiger partial charge is 0.123 e. The van der Waals surface area contributed by atoms with Gasteiger partial charge in [0, 0.05) is 9.80 Å². The Balaban J connectivity index is 2.89. The third-order valence-electron chi connectivity index (χ3n) is 2.80. The quantitative estimate of drug-likeness (QED) is 0.629. The molecule has 0 N–H and O–H groups in total. The number of hydrogen-bond acceptors (Lipinski definition) is 0. The van der Waals surface area contributed by atoms with Crippen molar-refractivity contribution in [1.29, 1.82) is 0 Å². The van der Waals surface area contributed by atoms with Crippen LogP contribution in [0.2, 0.25) is 0 Å². The maximum absolute atomic E-state index is 13.2. The fraction of sp³-hybridized carbons (Fsp3) is 0.538. The summed E-state index contributed by atoms with van der Waals surface area (Å²) in [6, 6.07) is 4.89. The van der Waals surface area contributed by atoms with E-state index in [1.165, 1.54) is 6.07 Å². The van der Waals surface area contributed by atoms with E-state index in [0.717, 1.165) is 34.6 Å². The summed E-state index contributed by atoms with van der Waals surface area (Å²) in [5.41, 5.74) is 1.25. The van der Waals surface area contributed by atoms with Gasteiger partial charge in [0.05, 0.1) is 0 Å². The standard InChI is InChI=1S/C13H17Br2F/c1-3-6-13(2,9-14)8-10-7-11(16)4-5-12(10)15/h4-5,7H,3,6,8-9H2,1-2H3. The van der Waals surface area contributed by atoms with Gasteiger partial charge in [0.15, 0.2) is 0 Å². The van der Waals surface area contributed by atoms with Crippen molar-refractivity contribution in [1.82, 2.24) is 0 Å². The van der Waals surface area contributed by atoms with Crippen LogP contribution in [0.3, 0.4) is 0 Å². The minimum Gasteiger partial charge on any atom is -0.207 e.